The van der Waals surface area contributed by atoms with Crippen molar-refractivity contribution in [1.29, 1.82) is 0 Å². The summed E-state index contributed by atoms with van der Waals surface area (Å²) >= 11 is 6.48. The van der Waals surface area contributed by atoms with E-state index in [9.17, 15) is 53.0 Å². The summed E-state index contributed by atoms with van der Waals surface area (Å²) in [5, 5.41) is 18.9. The minimum atomic E-state index is -4.59. The molecule has 5 N–H and O–H groups in total. The number of piperazine rings is 1. The maximum Gasteiger partial charge on any atom is 0.421 e. The number of piperidine rings is 1. The van der Waals surface area contributed by atoms with Crippen LogP contribution in [0.5, 0.6) is 23.0 Å². The Morgan fingerprint density at radius 2 is 1.06 bits per heavy atom. The summed E-state index contributed by atoms with van der Waals surface area (Å²) in [6, 6.07) is 44.1. The van der Waals surface area contributed by atoms with Crippen molar-refractivity contribution < 1.29 is 72.0 Å². The Bertz CT molecular complexity index is 6550. The van der Waals surface area contributed by atoms with E-state index < -0.39 is 67.1 Å². The number of hydrogen-bond acceptors (Lipinski definition) is 28. The normalized spacial score (nSPS) is 14.3. The standard InChI is InChI=1S/C30H41ClN7O2P.C24H27N4O4PS.C23H24F3N4O2P.C16H20F3N4O2P/c1-21-7-6-8-27(41(4,5)39)28(21)34-29-24(31)20-32-30(35-29)33-25-10-9-23(19-26(25)40-3)37-13-11-22(12-14-37)38-17-15-36(2)16-18-38;1-16(2)34(30,31)22-9-7-6-8-20(22)28-13-12-17-15-25-24(27-23(17)28)26-19-11-10-18(33(4,5)29)14-21(19)32-3;1-32-18-7-4-15-10-11-30(14-16(15)12-18)21-20(23(24,25)26)13-27-22(29-21)28-17-5-8-19(9-6-17)33(2,3)31;1-23(2)14-11(16(17,18)19)9-20-15(22-14)21-12-7-6-10(26(4,5)24)8-13(12)25-3/h6-10,19-20,22H,11-18H2,1-5H3,(H2,32,33,34,35);6-16H,1-5H3,(H,25,26,27);4-9,12-13H,10-11,14H2,1-3H3,(H,27,28,29);6-9H,1-5H3,(H,20,21,22). The average molecular weight is 1960 g/mol. The molecule has 0 atom stereocenters. The van der Waals surface area contributed by atoms with Gasteiger partial charge in [0.05, 0.1) is 73.2 Å². The van der Waals surface area contributed by atoms with E-state index in [1.54, 1.807) is 201 Å². The van der Waals surface area contributed by atoms with E-state index in [4.69, 9.17) is 30.5 Å². The van der Waals surface area contributed by atoms with E-state index in [0.29, 0.717) is 103 Å². The van der Waals surface area contributed by atoms with Crippen LogP contribution >= 0.6 is 40.2 Å². The first-order valence-corrected chi connectivity index (χ1v) is 55.1. The maximum atomic E-state index is 13.8. The van der Waals surface area contributed by atoms with Gasteiger partial charge in [-0.1, -0.05) is 41.9 Å². The second-order valence-corrected chi connectivity index (χ2v) is 50.1. The number of sulfone groups is 1. The Morgan fingerprint density at radius 3 is 1.62 bits per heavy atom. The third-order valence-corrected chi connectivity index (χ3v) is 31.4. The van der Waals surface area contributed by atoms with Crippen molar-refractivity contribution in [3.63, 3.8) is 0 Å². The maximum absolute atomic E-state index is 13.8. The number of nitrogens with one attached hydrogen (secondary N) is 5. The average Bonchev–Trinajstić information content (AvgIpc) is 1.54. The van der Waals surface area contributed by atoms with Gasteiger partial charge in [0.15, 0.2) is 15.7 Å². The monoisotopic (exact) mass is 1960 g/mol. The fourth-order valence-corrected chi connectivity index (χ4v) is 20.4. The Morgan fingerprint density at radius 1 is 0.522 bits per heavy atom. The molecular weight excluding hydrogens is 1850 g/mol. The second-order valence-electron chi connectivity index (χ2n) is 34.4. The largest absolute Gasteiger partial charge is 0.497 e. The number of benzene rings is 7. The highest BCUT2D eigenvalue weighted by atomic mass is 35.5. The summed E-state index contributed by atoms with van der Waals surface area (Å²) in [5.41, 5.74) is 6.57. The molecule has 0 bridgehead atoms. The fourth-order valence-electron chi connectivity index (χ4n) is 15.2. The summed E-state index contributed by atoms with van der Waals surface area (Å²) < 4.78 is 180. The highest BCUT2D eigenvalue weighted by Crippen LogP contribution is 2.46. The number of anilines is 13. The Hall–Kier alpha value is -11.3. The molecule has 0 spiro atoms. The molecule has 0 amide bonds. The van der Waals surface area contributed by atoms with Crippen LogP contribution in [0.25, 0.3) is 16.7 Å². The van der Waals surface area contributed by atoms with Crippen LogP contribution in [-0.4, -0.2) is 223 Å². The molecular formula is C93H112ClF6N19O10P4S. The minimum Gasteiger partial charge on any atom is -0.497 e. The molecule has 7 aromatic carbocycles. The van der Waals surface area contributed by atoms with Crippen molar-refractivity contribution in [3.05, 3.63) is 209 Å². The number of fused-ring (bicyclic) bond motifs is 2. The Balaban J connectivity index is 0.000000163. The molecule has 2 fully saturated rings. The van der Waals surface area contributed by atoms with Gasteiger partial charge in [-0.25, -0.2) is 28.4 Å². The van der Waals surface area contributed by atoms with Gasteiger partial charge < -0.3 is 83.4 Å². The number of hydrogen-bond donors (Lipinski definition) is 5. The Labute approximate surface area is 782 Å². The van der Waals surface area contributed by atoms with E-state index in [-0.39, 0.29) is 35.0 Å². The van der Waals surface area contributed by atoms with Crippen LogP contribution < -0.4 is 81.4 Å². The molecule has 29 nitrogen and oxygen atoms in total. The minimum absolute atomic E-state index is 0.0103. The third-order valence-electron chi connectivity index (χ3n) is 22.8. The van der Waals surface area contributed by atoms with Gasteiger partial charge in [0.25, 0.3) is 0 Å². The molecule has 0 aliphatic carbocycles. The van der Waals surface area contributed by atoms with Gasteiger partial charge in [0.1, 0.15) is 85.0 Å². The number of methoxy groups -OCH3 is 4. The predicted octanol–water partition coefficient (Wildman–Crippen LogP) is 18.6. The van der Waals surface area contributed by atoms with Crippen molar-refractivity contribution in [1.82, 2.24) is 54.2 Å². The van der Waals surface area contributed by atoms with E-state index in [1.807, 2.05) is 55.5 Å². The quantitative estimate of drug-likeness (QED) is 0.0262. The molecule has 714 valence electrons. The van der Waals surface area contributed by atoms with Crippen LogP contribution in [0.4, 0.5) is 102 Å². The number of likely N-dealkylation sites (N-methyl/N-ethyl adjacent to an activating group) is 1. The number of para-hydroxylation sites is 2. The number of aromatic nitrogens is 9. The zero-order chi connectivity index (χ0) is 97.3. The van der Waals surface area contributed by atoms with Crippen LogP contribution in [-0.2, 0) is 53.4 Å². The van der Waals surface area contributed by atoms with Crippen molar-refractivity contribution in [2.24, 2.45) is 0 Å². The van der Waals surface area contributed by atoms with Crippen LogP contribution in [0.15, 0.2) is 181 Å². The van der Waals surface area contributed by atoms with Crippen molar-refractivity contribution in [2.75, 3.05) is 190 Å². The van der Waals surface area contributed by atoms with E-state index in [2.05, 4.69) is 100 Å². The first-order valence-electron chi connectivity index (χ1n) is 42.8. The number of halogens is 7. The van der Waals surface area contributed by atoms with Gasteiger partial charge >= 0.3 is 12.4 Å². The third kappa shape index (κ3) is 25.2. The molecule has 0 saturated carbocycles. The molecule has 3 aliphatic heterocycles. The lowest BCUT2D eigenvalue weighted by Gasteiger charge is -2.42. The molecule has 5 aromatic heterocycles. The number of aryl methyl sites for hydroxylation is 1. The summed E-state index contributed by atoms with van der Waals surface area (Å²) in [4.78, 5) is 44.6. The molecule has 15 rings (SSSR count). The molecule has 8 heterocycles. The van der Waals surface area contributed by atoms with Gasteiger partial charge in [-0.3, -0.25) is 9.47 Å². The SMILES string of the molecule is COc1cc(N2CCC(N3CCN(C)CC3)CC2)ccc1Nc1ncc(Cl)c(Nc2c(C)cccc2P(C)(C)=O)n1.COc1cc(P(C)(C)=O)ccc1Nc1ncc(C(F)(F)F)c(N(C)C)n1.COc1cc(P(C)(C)=O)ccc1Nc1ncc2ccn(-c3ccccc3S(=O)(=O)C(C)C)c2n1.COc1ccc2c(c1)CN(c1nc(Nc3ccc(P(C)(C)=O)cc3)ncc1C(F)(F)F)CC2. The second kappa shape index (κ2) is 42.3. The number of rotatable bonds is 25. The van der Waals surface area contributed by atoms with Crippen LogP contribution in [0.3, 0.4) is 0 Å². The van der Waals surface area contributed by atoms with Gasteiger partial charge in [-0.15, -0.1) is 0 Å². The Kier molecular flexibility index (Phi) is 32.1. The molecule has 0 radical (unpaired) electrons. The lowest BCUT2D eigenvalue weighted by Crippen LogP contribution is -2.52. The number of nitrogens with zero attached hydrogens (tertiary/aromatic N) is 14. The highest BCUT2D eigenvalue weighted by Gasteiger charge is 2.39. The number of ether oxygens (including phenoxy) is 4. The smallest absolute Gasteiger partial charge is 0.421 e. The molecule has 134 heavy (non-hydrogen) atoms. The van der Waals surface area contributed by atoms with Crippen LogP contribution in [0.1, 0.15) is 54.5 Å². The first-order chi connectivity index (χ1) is 63.1. The van der Waals surface area contributed by atoms with Gasteiger partial charge in [0, 0.05) is 141 Å². The first kappa shape index (κ1) is 102. The van der Waals surface area contributed by atoms with Crippen LogP contribution in [0.2, 0.25) is 5.02 Å². The molecule has 41 heteroatoms. The molecule has 3 aliphatic rings. The highest BCUT2D eigenvalue weighted by molar-refractivity contribution is 7.92. The van der Waals surface area contributed by atoms with Gasteiger partial charge in [-0.05, 0) is 226 Å². The number of alkyl halides is 6. The van der Waals surface area contributed by atoms with Crippen molar-refractivity contribution in [2.45, 2.75) is 75.1 Å². The van der Waals surface area contributed by atoms with E-state index in [0.717, 1.165) is 88.8 Å². The molecule has 0 unspecified atom stereocenters. The fraction of sp³-hybridized carbons (Fsp3) is 0.355. The molecule has 12 aromatic rings. The topological polar surface area (TPSA) is 324 Å². The zero-order valence-corrected chi connectivity index (χ0v) is 83.0. The summed E-state index contributed by atoms with van der Waals surface area (Å²) in [6.07, 6.45) is 0.363. The molecule has 2 saturated heterocycles. The zero-order valence-electron chi connectivity index (χ0n) is 77.9. The van der Waals surface area contributed by atoms with Gasteiger partial charge in [-0.2, -0.15) is 46.3 Å². The lowest BCUT2D eigenvalue weighted by molar-refractivity contribution is -0.138. The van der Waals surface area contributed by atoms with Gasteiger partial charge in [0.2, 0.25) is 23.8 Å². The van der Waals surface area contributed by atoms with E-state index >= 15 is 0 Å². The predicted molar refractivity (Wildman–Crippen MR) is 528 cm³/mol. The summed E-state index contributed by atoms with van der Waals surface area (Å²) in [5.74, 6) is 3.04. The van der Waals surface area contributed by atoms with E-state index in [1.165, 1.54) is 52.0 Å². The summed E-state index contributed by atoms with van der Waals surface area (Å²) in [6.45, 7) is 26.3. The van der Waals surface area contributed by atoms with Crippen molar-refractivity contribution in [3.8, 4) is 28.7 Å². The lowest BCUT2D eigenvalue weighted by atomic mass is 9.99. The van der Waals surface area contributed by atoms with Crippen molar-refractivity contribution >= 4 is 158 Å². The summed E-state index contributed by atoms with van der Waals surface area (Å²) in [7, 11) is -2.00. The van der Waals surface area contributed by atoms with Crippen LogP contribution in [0, 0.1) is 6.92 Å².